The van der Waals surface area contributed by atoms with Crippen molar-refractivity contribution < 1.29 is 0 Å². The van der Waals surface area contributed by atoms with Crippen LogP contribution in [0.3, 0.4) is 0 Å². The summed E-state index contributed by atoms with van der Waals surface area (Å²) in [6.07, 6.45) is 2.45. The maximum absolute atomic E-state index is 6.09. The number of nitrogens with one attached hydrogen (secondary N) is 1. The second-order valence-electron chi connectivity index (χ2n) is 4.60. The number of benzene rings is 1. The van der Waals surface area contributed by atoms with Crippen molar-refractivity contribution in [1.82, 2.24) is 10.2 Å². The molecule has 1 saturated heterocycles. The maximum Gasteiger partial charge on any atom is 0.0584 e. The minimum Gasteiger partial charge on any atom is -0.318 e. The van der Waals surface area contributed by atoms with Crippen LogP contribution in [0.5, 0.6) is 0 Å². The molecule has 0 aromatic heterocycles. The van der Waals surface area contributed by atoms with Crippen LogP contribution in [0.2, 0.25) is 5.02 Å². The van der Waals surface area contributed by atoms with Gasteiger partial charge in [-0.25, -0.2) is 0 Å². The molecule has 88 valence electrons. The number of hydrogen-bond donors (Lipinski definition) is 1. The molecule has 0 saturated carbocycles. The molecule has 0 radical (unpaired) electrons. The minimum absolute atomic E-state index is 0.125. The van der Waals surface area contributed by atoms with Crippen molar-refractivity contribution in [3.05, 3.63) is 34.9 Å². The Hall–Kier alpha value is -0.570. The van der Waals surface area contributed by atoms with Crippen LogP contribution in [0.25, 0.3) is 0 Å². The maximum atomic E-state index is 6.09. The normalized spacial score (nSPS) is 26.2. The summed E-state index contributed by atoms with van der Waals surface area (Å²) in [5.41, 5.74) is 1.45. The molecule has 1 aliphatic heterocycles. The van der Waals surface area contributed by atoms with E-state index < -0.39 is 0 Å². The van der Waals surface area contributed by atoms with E-state index in [-0.39, 0.29) is 5.54 Å². The van der Waals surface area contributed by atoms with Gasteiger partial charge in [0.1, 0.15) is 0 Å². The third kappa shape index (κ3) is 1.97. The van der Waals surface area contributed by atoms with Crippen molar-refractivity contribution >= 4 is 11.6 Å². The fourth-order valence-electron chi connectivity index (χ4n) is 2.77. The third-order valence-corrected chi connectivity index (χ3v) is 3.88. The highest BCUT2D eigenvalue weighted by atomic mass is 35.5. The lowest BCUT2D eigenvalue weighted by atomic mass is 9.87. The van der Waals surface area contributed by atoms with Crippen LogP contribution in [0.15, 0.2) is 24.3 Å². The number of nitrogens with zero attached hydrogens (tertiary/aromatic N) is 1. The Morgan fingerprint density at radius 1 is 1.50 bits per heavy atom. The van der Waals surface area contributed by atoms with Crippen molar-refractivity contribution in [3.8, 4) is 0 Å². The van der Waals surface area contributed by atoms with E-state index in [1.165, 1.54) is 18.4 Å². The summed E-state index contributed by atoms with van der Waals surface area (Å²) in [5, 5.41) is 4.14. The van der Waals surface area contributed by atoms with Crippen LogP contribution in [0.4, 0.5) is 0 Å². The van der Waals surface area contributed by atoms with E-state index in [9.17, 15) is 0 Å². The van der Waals surface area contributed by atoms with Crippen LogP contribution in [-0.2, 0) is 5.54 Å². The number of hydrogen-bond acceptors (Lipinski definition) is 2. The highest BCUT2D eigenvalue weighted by molar-refractivity contribution is 6.30. The van der Waals surface area contributed by atoms with Gasteiger partial charge < -0.3 is 5.32 Å². The lowest BCUT2D eigenvalue weighted by Crippen LogP contribution is -2.45. The second-order valence-corrected chi connectivity index (χ2v) is 5.03. The van der Waals surface area contributed by atoms with Crippen molar-refractivity contribution in [3.63, 3.8) is 0 Å². The zero-order valence-corrected chi connectivity index (χ0v) is 10.7. The summed E-state index contributed by atoms with van der Waals surface area (Å²) in [7, 11) is 4.21. The van der Waals surface area contributed by atoms with Gasteiger partial charge in [-0.3, -0.25) is 4.90 Å². The van der Waals surface area contributed by atoms with E-state index in [0.29, 0.717) is 0 Å². The Morgan fingerprint density at radius 3 is 2.88 bits per heavy atom. The van der Waals surface area contributed by atoms with Crippen LogP contribution >= 0.6 is 11.6 Å². The SMILES string of the molecule is CNCC1(c2cccc(Cl)c2)CCCN1C. The second kappa shape index (κ2) is 4.74. The Balaban J connectivity index is 2.39. The molecule has 1 aromatic rings. The summed E-state index contributed by atoms with van der Waals surface area (Å²) in [6.45, 7) is 2.14. The van der Waals surface area contributed by atoms with E-state index in [4.69, 9.17) is 11.6 Å². The van der Waals surface area contributed by atoms with Crippen molar-refractivity contribution in [2.45, 2.75) is 18.4 Å². The Bertz CT molecular complexity index is 367. The van der Waals surface area contributed by atoms with Gasteiger partial charge in [-0.1, -0.05) is 23.7 Å². The van der Waals surface area contributed by atoms with Gasteiger partial charge in [-0.2, -0.15) is 0 Å². The van der Waals surface area contributed by atoms with Crippen molar-refractivity contribution in [1.29, 1.82) is 0 Å². The molecule has 0 spiro atoms. The van der Waals surface area contributed by atoms with Crippen molar-refractivity contribution in [2.75, 3.05) is 27.2 Å². The number of likely N-dealkylation sites (N-methyl/N-ethyl adjacent to an activating group) is 2. The number of likely N-dealkylation sites (tertiary alicyclic amines) is 1. The molecule has 1 atom stereocenters. The highest BCUT2D eigenvalue weighted by Gasteiger charge is 2.39. The predicted molar refractivity (Wildman–Crippen MR) is 68.9 cm³/mol. The molecule has 1 unspecified atom stereocenters. The molecule has 16 heavy (non-hydrogen) atoms. The summed E-state index contributed by atoms with van der Waals surface area (Å²) in [4.78, 5) is 2.44. The topological polar surface area (TPSA) is 15.3 Å². The molecule has 1 fully saturated rings. The quantitative estimate of drug-likeness (QED) is 0.871. The van der Waals surface area contributed by atoms with E-state index in [0.717, 1.165) is 18.1 Å². The van der Waals surface area contributed by atoms with Gasteiger partial charge >= 0.3 is 0 Å². The van der Waals surface area contributed by atoms with Crippen LogP contribution in [0.1, 0.15) is 18.4 Å². The van der Waals surface area contributed by atoms with Gasteiger partial charge in [0.05, 0.1) is 5.54 Å². The molecular weight excluding hydrogens is 220 g/mol. The van der Waals surface area contributed by atoms with Gasteiger partial charge in [-0.15, -0.1) is 0 Å². The van der Waals surface area contributed by atoms with E-state index >= 15 is 0 Å². The first-order valence-electron chi connectivity index (χ1n) is 5.81. The number of halogens is 1. The van der Waals surface area contributed by atoms with E-state index in [1.54, 1.807) is 0 Å². The number of rotatable bonds is 3. The molecule has 3 heteroatoms. The Labute approximate surface area is 103 Å². The zero-order valence-electron chi connectivity index (χ0n) is 9.96. The molecule has 1 N–H and O–H groups in total. The third-order valence-electron chi connectivity index (χ3n) is 3.65. The Morgan fingerprint density at radius 2 is 2.31 bits per heavy atom. The molecule has 0 amide bonds. The molecule has 2 nitrogen and oxygen atoms in total. The summed E-state index contributed by atoms with van der Waals surface area (Å²) < 4.78 is 0. The van der Waals surface area contributed by atoms with Crippen LogP contribution in [0, 0.1) is 0 Å². The zero-order chi connectivity index (χ0) is 11.6. The standard InChI is InChI=1S/C13H19ClN2/c1-15-10-13(7-4-8-16(13)2)11-5-3-6-12(14)9-11/h3,5-6,9,15H,4,7-8,10H2,1-2H3. The van der Waals surface area contributed by atoms with Gasteiger partial charge in [0.15, 0.2) is 0 Å². The largest absolute Gasteiger partial charge is 0.318 e. The van der Waals surface area contributed by atoms with E-state index in [1.807, 2.05) is 19.2 Å². The summed E-state index contributed by atoms with van der Waals surface area (Å²) in [5.74, 6) is 0. The monoisotopic (exact) mass is 238 g/mol. The first-order valence-corrected chi connectivity index (χ1v) is 6.19. The molecule has 1 aliphatic rings. The minimum atomic E-state index is 0.125. The van der Waals surface area contributed by atoms with Crippen molar-refractivity contribution in [2.24, 2.45) is 0 Å². The van der Waals surface area contributed by atoms with E-state index in [2.05, 4.69) is 29.4 Å². The van der Waals surface area contributed by atoms with Gasteiger partial charge in [-0.05, 0) is 51.2 Å². The Kier molecular flexibility index (Phi) is 3.53. The smallest absolute Gasteiger partial charge is 0.0584 e. The summed E-state index contributed by atoms with van der Waals surface area (Å²) in [6, 6.07) is 8.26. The fourth-order valence-corrected chi connectivity index (χ4v) is 2.96. The lowest BCUT2D eigenvalue weighted by Gasteiger charge is -2.37. The molecule has 2 rings (SSSR count). The fraction of sp³-hybridized carbons (Fsp3) is 0.538. The molecule has 0 bridgehead atoms. The lowest BCUT2D eigenvalue weighted by molar-refractivity contribution is 0.172. The van der Waals surface area contributed by atoms with Crippen LogP contribution < -0.4 is 5.32 Å². The average Bonchev–Trinajstić information content (AvgIpc) is 2.62. The van der Waals surface area contributed by atoms with Gasteiger partial charge in [0.2, 0.25) is 0 Å². The molecule has 0 aliphatic carbocycles. The molecular formula is C13H19ClN2. The van der Waals surface area contributed by atoms with Gasteiger partial charge in [0, 0.05) is 11.6 Å². The van der Waals surface area contributed by atoms with Crippen LogP contribution in [-0.4, -0.2) is 32.1 Å². The highest BCUT2D eigenvalue weighted by Crippen LogP contribution is 2.37. The average molecular weight is 239 g/mol. The molecule has 1 aromatic carbocycles. The predicted octanol–water partition coefficient (Wildman–Crippen LogP) is 2.48. The first-order chi connectivity index (χ1) is 7.69. The first kappa shape index (κ1) is 11.9. The van der Waals surface area contributed by atoms with Gasteiger partial charge in [0.25, 0.3) is 0 Å². The summed E-state index contributed by atoms with van der Waals surface area (Å²) >= 11 is 6.09. The molecule has 1 heterocycles.